The van der Waals surface area contributed by atoms with Crippen LogP contribution in [0.1, 0.15) is 26.2 Å². The summed E-state index contributed by atoms with van der Waals surface area (Å²) < 4.78 is 5.24. The number of methoxy groups -OCH3 is 1. The molecular formula is C22H28ClN5O3S. The number of rotatable bonds is 9. The standard InChI is InChI=1S/C22H28ClN5O3S/c1-3-10-24-22(30)15-8-11-28(12-9-15)19-6-7-21(27-26-19)32-14-20(29)25-17-13-16(23)4-5-18(17)31-2/h4-7,13,15H,3,8-12,14H2,1-2H3,(H,24,30)(H,25,29). The van der Waals surface area contributed by atoms with Gasteiger partial charge in [0.25, 0.3) is 0 Å². The van der Waals surface area contributed by atoms with Crippen molar-refractivity contribution < 1.29 is 14.3 Å². The maximum absolute atomic E-state index is 12.3. The van der Waals surface area contributed by atoms with Gasteiger partial charge in [0.05, 0.1) is 18.6 Å². The average molecular weight is 478 g/mol. The highest BCUT2D eigenvalue weighted by Crippen LogP contribution is 2.28. The minimum atomic E-state index is -0.190. The van der Waals surface area contributed by atoms with Crippen LogP contribution in [0.2, 0.25) is 5.02 Å². The summed E-state index contributed by atoms with van der Waals surface area (Å²) in [6.07, 6.45) is 2.56. The van der Waals surface area contributed by atoms with Crippen molar-refractivity contribution in [3.8, 4) is 5.75 Å². The van der Waals surface area contributed by atoms with Crippen molar-refractivity contribution >= 4 is 46.7 Å². The maximum atomic E-state index is 12.3. The van der Waals surface area contributed by atoms with Crippen LogP contribution >= 0.6 is 23.4 Å². The minimum Gasteiger partial charge on any atom is -0.495 e. The van der Waals surface area contributed by atoms with Gasteiger partial charge in [0.15, 0.2) is 5.82 Å². The van der Waals surface area contributed by atoms with Gasteiger partial charge in [-0.25, -0.2) is 0 Å². The Morgan fingerprint density at radius 1 is 1.22 bits per heavy atom. The molecular weight excluding hydrogens is 450 g/mol. The SMILES string of the molecule is CCCNC(=O)C1CCN(c2ccc(SCC(=O)Nc3cc(Cl)ccc3OC)nn2)CC1. The first-order valence-electron chi connectivity index (χ1n) is 10.6. The fraction of sp³-hybridized carbons (Fsp3) is 0.455. The highest BCUT2D eigenvalue weighted by atomic mass is 35.5. The smallest absolute Gasteiger partial charge is 0.234 e. The first-order chi connectivity index (χ1) is 15.5. The summed E-state index contributed by atoms with van der Waals surface area (Å²) in [5.74, 6) is 1.54. The lowest BCUT2D eigenvalue weighted by Gasteiger charge is -2.31. The number of piperidine rings is 1. The summed E-state index contributed by atoms with van der Waals surface area (Å²) >= 11 is 7.30. The molecule has 0 unspecified atom stereocenters. The fourth-order valence-electron chi connectivity index (χ4n) is 3.43. The summed E-state index contributed by atoms with van der Waals surface area (Å²) in [6, 6.07) is 8.82. The summed E-state index contributed by atoms with van der Waals surface area (Å²) in [7, 11) is 1.54. The second kappa shape index (κ2) is 11.9. The molecule has 2 heterocycles. The Kier molecular flexibility index (Phi) is 8.99. The van der Waals surface area contributed by atoms with Crippen LogP contribution in [-0.4, -0.2) is 54.5 Å². The normalized spacial score (nSPS) is 14.2. The van der Waals surface area contributed by atoms with Crippen molar-refractivity contribution in [1.82, 2.24) is 15.5 Å². The number of carbonyl (C=O) groups excluding carboxylic acids is 2. The van der Waals surface area contributed by atoms with Gasteiger partial charge in [0.1, 0.15) is 10.8 Å². The molecule has 172 valence electrons. The maximum Gasteiger partial charge on any atom is 0.234 e. The van der Waals surface area contributed by atoms with Gasteiger partial charge in [-0.15, -0.1) is 10.2 Å². The van der Waals surface area contributed by atoms with Crippen LogP contribution in [-0.2, 0) is 9.59 Å². The number of ether oxygens (including phenoxy) is 1. The lowest BCUT2D eigenvalue weighted by Crippen LogP contribution is -2.41. The number of aromatic nitrogens is 2. The van der Waals surface area contributed by atoms with Crippen LogP contribution in [0.15, 0.2) is 35.4 Å². The van der Waals surface area contributed by atoms with E-state index in [-0.39, 0.29) is 23.5 Å². The van der Waals surface area contributed by atoms with Crippen LogP contribution in [0.3, 0.4) is 0 Å². The Labute approximate surface area is 197 Å². The molecule has 1 fully saturated rings. The highest BCUT2D eigenvalue weighted by Gasteiger charge is 2.25. The number of hydrogen-bond acceptors (Lipinski definition) is 7. The summed E-state index contributed by atoms with van der Waals surface area (Å²) in [5, 5.41) is 15.5. The summed E-state index contributed by atoms with van der Waals surface area (Å²) in [4.78, 5) is 26.6. The number of benzene rings is 1. The molecule has 8 nitrogen and oxygen atoms in total. The Morgan fingerprint density at radius 2 is 2.00 bits per heavy atom. The van der Waals surface area contributed by atoms with E-state index in [4.69, 9.17) is 16.3 Å². The van der Waals surface area contributed by atoms with E-state index in [1.807, 2.05) is 19.1 Å². The zero-order valence-electron chi connectivity index (χ0n) is 18.3. The molecule has 3 rings (SSSR count). The number of hydrogen-bond donors (Lipinski definition) is 2. The Bertz CT molecular complexity index is 920. The second-order valence-corrected chi connectivity index (χ2v) is 8.90. The van der Waals surface area contributed by atoms with Crippen LogP contribution in [0.4, 0.5) is 11.5 Å². The van der Waals surface area contributed by atoms with Crippen LogP contribution in [0.25, 0.3) is 0 Å². The van der Waals surface area contributed by atoms with E-state index in [0.29, 0.717) is 21.5 Å². The van der Waals surface area contributed by atoms with E-state index >= 15 is 0 Å². The van der Waals surface area contributed by atoms with Gasteiger partial charge in [-0.2, -0.15) is 0 Å². The number of thioether (sulfide) groups is 1. The first-order valence-corrected chi connectivity index (χ1v) is 12.0. The average Bonchev–Trinajstić information content (AvgIpc) is 2.82. The highest BCUT2D eigenvalue weighted by molar-refractivity contribution is 7.99. The predicted octanol–water partition coefficient (Wildman–Crippen LogP) is 3.61. The van der Waals surface area contributed by atoms with Crippen LogP contribution < -0.4 is 20.3 Å². The molecule has 0 atom stereocenters. The van der Waals surface area contributed by atoms with Gasteiger partial charge in [-0.3, -0.25) is 9.59 Å². The molecule has 0 spiro atoms. The third kappa shape index (κ3) is 6.74. The van der Waals surface area contributed by atoms with E-state index in [1.54, 1.807) is 18.2 Å². The molecule has 32 heavy (non-hydrogen) atoms. The third-order valence-corrected chi connectivity index (χ3v) is 6.31. The molecule has 1 aromatic carbocycles. The number of anilines is 2. The molecule has 2 amide bonds. The van der Waals surface area contributed by atoms with E-state index < -0.39 is 0 Å². The summed E-state index contributed by atoms with van der Waals surface area (Å²) in [6.45, 7) is 4.32. The van der Waals surface area contributed by atoms with Gasteiger partial charge >= 0.3 is 0 Å². The number of amides is 2. The van der Waals surface area contributed by atoms with Crippen LogP contribution in [0, 0.1) is 5.92 Å². The van der Waals surface area contributed by atoms with Gasteiger partial charge < -0.3 is 20.3 Å². The molecule has 0 saturated carbocycles. The van der Waals surface area contributed by atoms with E-state index in [2.05, 4.69) is 25.7 Å². The van der Waals surface area contributed by atoms with Crippen LogP contribution in [0.5, 0.6) is 5.75 Å². The fourth-order valence-corrected chi connectivity index (χ4v) is 4.21. The molecule has 0 aliphatic carbocycles. The molecule has 1 saturated heterocycles. The monoisotopic (exact) mass is 477 g/mol. The topological polar surface area (TPSA) is 96.5 Å². The van der Waals surface area contributed by atoms with Gasteiger partial charge in [-0.1, -0.05) is 30.3 Å². The number of carbonyl (C=O) groups is 2. The van der Waals surface area contributed by atoms with Crippen molar-refractivity contribution in [3.63, 3.8) is 0 Å². The molecule has 1 aliphatic rings. The van der Waals surface area contributed by atoms with Crippen molar-refractivity contribution in [2.24, 2.45) is 5.92 Å². The zero-order chi connectivity index (χ0) is 22.9. The van der Waals surface area contributed by atoms with Gasteiger partial charge in [-0.05, 0) is 49.6 Å². The Morgan fingerprint density at radius 3 is 2.66 bits per heavy atom. The Balaban J connectivity index is 1.47. The van der Waals surface area contributed by atoms with Crippen molar-refractivity contribution in [2.45, 2.75) is 31.2 Å². The van der Waals surface area contributed by atoms with Gasteiger partial charge in [0, 0.05) is 30.6 Å². The van der Waals surface area contributed by atoms with E-state index in [9.17, 15) is 9.59 Å². The number of nitrogens with zero attached hydrogens (tertiary/aromatic N) is 3. The number of halogens is 1. The van der Waals surface area contributed by atoms with Crippen molar-refractivity contribution in [1.29, 1.82) is 0 Å². The molecule has 0 bridgehead atoms. The zero-order valence-corrected chi connectivity index (χ0v) is 19.8. The quantitative estimate of drug-likeness (QED) is 0.532. The lowest BCUT2D eigenvalue weighted by molar-refractivity contribution is -0.125. The lowest BCUT2D eigenvalue weighted by atomic mass is 9.96. The molecule has 2 aromatic rings. The Hall–Kier alpha value is -2.52. The number of nitrogens with one attached hydrogen (secondary N) is 2. The molecule has 1 aromatic heterocycles. The second-order valence-electron chi connectivity index (χ2n) is 7.46. The summed E-state index contributed by atoms with van der Waals surface area (Å²) in [5.41, 5.74) is 0.527. The third-order valence-electron chi connectivity index (χ3n) is 5.15. The van der Waals surface area contributed by atoms with E-state index in [0.717, 1.165) is 44.7 Å². The molecule has 2 N–H and O–H groups in total. The minimum absolute atomic E-state index is 0.0669. The molecule has 1 aliphatic heterocycles. The van der Waals surface area contributed by atoms with E-state index in [1.165, 1.54) is 18.9 Å². The van der Waals surface area contributed by atoms with Crippen molar-refractivity contribution in [2.75, 3.05) is 42.7 Å². The van der Waals surface area contributed by atoms with Crippen molar-refractivity contribution in [3.05, 3.63) is 35.4 Å². The first kappa shape index (κ1) is 24.1. The largest absolute Gasteiger partial charge is 0.495 e. The molecule has 0 radical (unpaired) electrons. The molecule has 10 heteroatoms. The predicted molar refractivity (Wildman–Crippen MR) is 128 cm³/mol. The van der Waals surface area contributed by atoms with Gasteiger partial charge in [0.2, 0.25) is 11.8 Å².